The van der Waals surface area contributed by atoms with Crippen LogP contribution in [0.4, 0.5) is 14.5 Å². The van der Waals surface area contributed by atoms with Crippen molar-refractivity contribution in [1.29, 1.82) is 5.26 Å². The molecule has 0 spiro atoms. The zero-order valence-electron chi connectivity index (χ0n) is 9.61. The third-order valence-electron chi connectivity index (χ3n) is 2.56. The number of aryl methyl sites for hydroxylation is 1. The van der Waals surface area contributed by atoms with E-state index in [1.807, 2.05) is 0 Å². The van der Waals surface area contributed by atoms with Gasteiger partial charge in [-0.25, -0.2) is 13.8 Å². The Bertz CT molecular complexity index is 613. The van der Waals surface area contributed by atoms with Gasteiger partial charge in [0.15, 0.2) is 11.6 Å². The predicted molar refractivity (Wildman–Crippen MR) is 61.6 cm³/mol. The number of hydrogen-bond donors (Lipinski definition) is 1. The molecule has 2 aromatic rings. The van der Waals surface area contributed by atoms with E-state index in [-0.39, 0.29) is 17.8 Å². The highest BCUT2D eigenvalue weighted by molar-refractivity contribution is 5.49. The molecule has 0 bridgehead atoms. The number of halogens is 2. The summed E-state index contributed by atoms with van der Waals surface area (Å²) in [6, 6.07) is 4.15. The first kappa shape index (κ1) is 12.0. The van der Waals surface area contributed by atoms with Gasteiger partial charge in [-0.05, 0) is 12.1 Å². The van der Waals surface area contributed by atoms with Crippen molar-refractivity contribution in [3.8, 4) is 6.07 Å². The maximum Gasteiger partial charge on any atom is 0.183 e. The number of nitrogens with zero attached hydrogens (tertiary/aromatic N) is 3. The van der Waals surface area contributed by atoms with E-state index in [1.165, 1.54) is 12.1 Å². The van der Waals surface area contributed by atoms with Gasteiger partial charge < -0.3 is 9.88 Å². The molecular weight excluding hydrogens is 238 g/mol. The highest BCUT2D eigenvalue weighted by Crippen LogP contribution is 2.20. The van der Waals surface area contributed by atoms with Crippen molar-refractivity contribution in [2.24, 2.45) is 7.05 Å². The van der Waals surface area contributed by atoms with Crippen LogP contribution >= 0.6 is 0 Å². The van der Waals surface area contributed by atoms with Crippen LogP contribution in [0.15, 0.2) is 24.5 Å². The first-order chi connectivity index (χ1) is 8.63. The Hall–Kier alpha value is -2.42. The summed E-state index contributed by atoms with van der Waals surface area (Å²) in [5.41, 5.74) is -0.301. The molecule has 92 valence electrons. The molecule has 1 aromatic heterocycles. The second kappa shape index (κ2) is 4.84. The highest BCUT2D eigenvalue weighted by Gasteiger charge is 2.13. The minimum atomic E-state index is -1.14. The standard InChI is InChI=1S/C12H10F2N4/c1-18-5-4-16-10(18)7-17-9-3-2-8(6-15)11(13)12(9)14/h2-5,17H,7H2,1H3. The normalized spacial score (nSPS) is 10.1. The van der Waals surface area contributed by atoms with E-state index in [9.17, 15) is 8.78 Å². The van der Waals surface area contributed by atoms with Crippen molar-refractivity contribution in [3.63, 3.8) is 0 Å². The van der Waals surface area contributed by atoms with Crippen LogP contribution in [-0.2, 0) is 13.6 Å². The van der Waals surface area contributed by atoms with Gasteiger partial charge >= 0.3 is 0 Å². The summed E-state index contributed by atoms with van der Waals surface area (Å²) in [4.78, 5) is 4.05. The Labute approximate surface area is 102 Å². The Kier molecular flexibility index (Phi) is 3.24. The fourth-order valence-corrected chi connectivity index (χ4v) is 1.51. The number of nitrogens with one attached hydrogen (secondary N) is 1. The molecule has 0 aliphatic heterocycles. The van der Waals surface area contributed by atoms with Crippen LogP contribution in [0.5, 0.6) is 0 Å². The summed E-state index contributed by atoms with van der Waals surface area (Å²) in [7, 11) is 1.81. The second-order valence-corrected chi connectivity index (χ2v) is 3.71. The number of rotatable bonds is 3. The van der Waals surface area contributed by atoms with Crippen molar-refractivity contribution in [2.75, 3.05) is 5.32 Å². The Balaban J connectivity index is 2.19. The fraction of sp³-hybridized carbons (Fsp3) is 0.167. The molecule has 6 heteroatoms. The monoisotopic (exact) mass is 248 g/mol. The predicted octanol–water partition coefficient (Wildman–Crippen LogP) is 2.18. The Morgan fingerprint density at radius 3 is 2.78 bits per heavy atom. The summed E-state index contributed by atoms with van der Waals surface area (Å²) in [6.07, 6.45) is 3.37. The molecule has 0 radical (unpaired) electrons. The number of benzene rings is 1. The molecule has 0 aliphatic carbocycles. The lowest BCUT2D eigenvalue weighted by Crippen LogP contribution is -2.08. The van der Waals surface area contributed by atoms with E-state index in [2.05, 4.69) is 10.3 Å². The molecule has 1 aromatic carbocycles. The lowest BCUT2D eigenvalue weighted by Gasteiger charge is -2.08. The number of anilines is 1. The third kappa shape index (κ3) is 2.15. The van der Waals surface area contributed by atoms with Gasteiger partial charge in [0.25, 0.3) is 0 Å². The van der Waals surface area contributed by atoms with Crippen molar-refractivity contribution in [3.05, 3.63) is 47.5 Å². The molecule has 0 saturated heterocycles. The van der Waals surface area contributed by atoms with E-state index in [0.717, 1.165) is 0 Å². The number of imidazole rings is 1. The van der Waals surface area contributed by atoms with E-state index in [0.29, 0.717) is 5.82 Å². The zero-order valence-corrected chi connectivity index (χ0v) is 9.61. The number of hydrogen-bond acceptors (Lipinski definition) is 3. The van der Waals surface area contributed by atoms with Gasteiger partial charge in [0.2, 0.25) is 0 Å². The van der Waals surface area contributed by atoms with Gasteiger partial charge in [0, 0.05) is 19.4 Å². The molecule has 2 rings (SSSR count). The van der Waals surface area contributed by atoms with Crippen LogP contribution in [0.2, 0.25) is 0 Å². The largest absolute Gasteiger partial charge is 0.375 e. The zero-order chi connectivity index (χ0) is 13.1. The second-order valence-electron chi connectivity index (χ2n) is 3.71. The summed E-state index contributed by atoms with van der Waals surface area (Å²) in [5.74, 6) is -1.50. The molecule has 0 fully saturated rings. The van der Waals surface area contributed by atoms with Crippen LogP contribution in [-0.4, -0.2) is 9.55 Å². The molecule has 0 amide bonds. The molecule has 18 heavy (non-hydrogen) atoms. The topological polar surface area (TPSA) is 53.6 Å². The first-order valence-electron chi connectivity index (χ1n) is 5.21. The average Bonchev–Trinajstić information content (AvgIpc) is 2.77. The summed E-state index contributed by atoms with van der Waals surface area (Å²) >= 11 is 0. The first-order valence-corrected chi connectivity index (χ1v) is 5.21. The molecular formula is C12H10F2N4. The van der Waals surface area contributed by atoms with Crippen LogP contribution in [0.25, 0.3) is 0 Å². The van der Waals surface area contributed by atoms with Crippen LogP contribution in [0.1, 0.15) is 11.4 Å². The number of nitriles is 1. The van der Waals surface area contributed by atoms with Gasteiger partial charge in [0.1, 0.15) is 11.9 Å². The lowest BCUT2D eigenvalue weighted by atomic mass is 10.2. The maximum atomic E-state index is 13.6. The minimum absolute atomic E-state index is 0.00880. The summed E-state index contributed by atoms with van der Waals surface area (Å²) in [6.45, 7) is 0.270. The van der Waals surface area contributed by atoms with E-state index in [4.69, 9.17) is 5.26 Å². The van der Waals surface area contributed by atoms with Crippen LogP contribution in [0, 0.1) is 23.0 Å². The van der Waals surface area contributed by atoms with E-state index in [1.54, 1.807) is 30.1 Å². The summed E-state index contributed by atoms with van der Waals surface area (Å²) < 4.78 is 28.7. The van der Waals surface area contributed by atoms with Crippen LogP contribution < -0.4 is 5.32 Å². The lowest BCUT2D eigenvalue weighted by molar-refractivity contribution is 0.508. The van der Waals surface area contributed by atoms with Gasteiger partial charge in [-0.15, -0.1) is 0 Å². The highest BCUT2D eigenvalue weighted by atomic mass is 19.2. The van der Waals surface area contributed by atoms with Crippen molar-refractivity contribution in [2.45, 2.75) is 6.54 Å². The molecule has 4 nitrogen and oxygen atoms in total. The van der Waals surface area contributed by atoms with E-state index >= 15 is 0 Å². The molecule has 0 unspecified atom stereocenters. The SMILES string of the molecule is Cn1ccnc1CNc1ccc(C#N)c(F)c1F. The van der Waals surface area contributed by atoms with Crippen molar-refractivity contribution >= 4 is 5.69 Å². The molecule has 1 heterocycles. The van der Waals surface area contributed by atoms with Gasteiger partial charge in [-0.3, -0.25) is 0 Å². The van der Waals surface area contributed by atoms with Gasteiger partial charge in [-0.1, -0.05) is 0 Å². The summed E-state index contributed by atoms with van der Waals surface area (Å²) in [5, 5.41) is 11.3. The third-order valence-corrected chi connectivity index (χ3v) is 2.56. The fourth-order valence-electron chi connectivity index (χ4n) is 1.51. The average molecular weight is 248 g/mol. The Morgan fingerprint density at radius 1 is 1.39 bits per heavy atom. The van der Waals surface area contributed by atoms with Gasteiger partial charge in [0.05, 0.1) is 17.8 Å². The quantitative estimate of drug-likeness (QED) is 0.905. The maximum absolute atomic E-state index is 13.6. The van der Waals surface area contributed by atoms with Crippen molar-refractivity contribution < 1.29 is 8.78 Å². The molecule has 0 atom stereocenters. The smallest absolute Gasteiger partial charge is 0.183 e. The minimum Gasteiger partial charge on any atom is -0.375 e. The van der Waals surface area contributed by atoms with Crippen molar-refractivity contribution in [1.82, 2.24) is 9.55 Å². The molecule has 1 N–H and O–H groups in total. The molecule has 0 saturated carbocycles. The van der Waals surface area contributed by atoms with Gasteiger partial charge in [-0.2, -0.15) is 5.26 Å². The molecule has 0 aliphatic rings. The number of aromatic nitrogens is 2. The van der Waals surface area contributed by atoms with Crippen LogP contribution in [0.3, 0.4) is 0 Å². The Morgan fingerprint density at radius 2 is 2.17 bits per heavy atom. The van der Waals surface area contributed by atoms with E-state index < -0.39 is 11.6 Å².